The van der Waals surface area contributed by atoms with Crippen molar-refractivity contribution in [1.82, 2.24) is 10.2 Å². The molecule has 1 saturated heterocycles. The predicted molar refractivity (Wildman–Crippen MR) is 76.5 cm³/mol. The molecule has 5 heteroatoms. The maximum Gasteiger partial charge on any atom is 0.317 e. The fraction of sp³-hybridized carbons (Fsp3) is 0.867. The van der Waals surface area contributed by atoms with E-state index in [9.17, 15) is 14.7 Å². The van der Waals surface area contributed by atoms with Crippen molar-refractivity contribution in [2.45, 2.75) is 58.4 Å². The number of aliphatic carboxylic acids is 1. The molecular weight excluding hydrogens is 256 g/mol. The molecule has 20 heavy (non-hydrogen) atoms. The Hall–Kier alpha value is -1.26. The number of rotatable bonds is 5. The highest BCUT2D eigenvalue weighted by atomic mass is 16.4. The van der Waals surface area contributed by atoms with Gasteiger partial charge < -0.3 is 15.3 Å². The minimum absolute atomic E-state index is 0.110. The van der Waals surface area contributed by atoms with E-state index in [0.717, 1.165) is 6.42 Å². The number of likely N-dealkylation sites (tertiary alicyclic amines) is 1. The molecule has 0 spiro atoms. The zero-order valence-electron chi connectivity index (χ0n) is 12.7. The van der Waals surface area contributed by atoms with Crippen LogP contribution in [0.5, 0.6) is 0 Å². The van der Waals surface area contributed by atoms with E-state index in [4.69, 9.17) is 0 Å². The zero-order valence-corrected chi connectivity index (χ0v) is 12.7. The normalized spacial score (nSPS) is 26.6. The molecule has 0 aromatic heterocycles. The maximum absolute atomic E-state index is 12.3. The Morgan fingerprint density at radius 1 is 1.40 bits per heavy atom. The smallest absolute Gasteiger partial charge is 0.317 e. The third kappa shape index (κ3) is 2.91. The van der Waals surface area contributed by atoms with E-state index in [2.05, 4.69) is 19.2 Å². The number of carboxylic acid groups (broad SMARTS) is 1. The molecule has 0 radical (unpaired) electrons. The minimum atomic E-state index is -0.767. The molecule has 1 atom stereocenters. The number of carbonyl (C=O) groups excluding carboxylic acids is 1. The van der Waals surface area contributed by atoms with Gasteiger partial charge in [-0.1, -0.05) is 13.3 Å². The highest BCUT2D eigenvalue weighted by Crippen LogP contribution is 2.40. The molecule has 2 fully saturated rings. The zero-order chi connectivity index (χ0) is 15.0. The van der Waals surface area contributed by atoms with Crippen molar-refractivity contribution in [3.63, 3.8) is 0 Å². The summed E-state index contributed by atoms with van der Waals surface area (Å²) in [6.07, 6.45) is 4.37. The summed E-state index contributed by atoms with van der Waals surface area (Å²) in [4.78, 5) is 25.5. The average Bonchev–Trinajstić information content (AvgIpc) is 3.12. The second kappa shape index (κ2) is 5.26. The predicted octanol–water partition coefficient (Wildman–Crippen LogP) is 2.46. The summed E-state index contributed by atoms with van der Waals surface area (Å²) in [5.74, 6) is -0.204. The lowest BCUT2D eigenvalue weighted by molar-refractivity contribution is -0.148. The highest BCUT2D eigenvalue weighted by Gasteiger charge is 2.47. The van der Waals surface area contributed by atoms with Gasteiger partial charge in [-0.05, 0) is 45.4 Å². The van der Waals surface area contributed by atoms with Crippen molar-refractivity contribution in [2.75, 3.05) is 13.1 Å². The van der Waals surface area contributed by atoms with Gasteiger partial charge in [0, 0.05) is 18.6 Å². The van der Waals surface area contributed by atoms with Crippen LogP contribution < -0.4 is 5.32 Å². The maximum atomic E-state index is 12.3. The third-order valence-electron chi connectivity index (χ3n) is 4.85. The van der Waals surface area contributed by atoms with E-state index in [-0.39, 0.29) is 11.6 Å². The summed E-state index contributed by atoms with van der Waals surface area (Å²) in [5, 5.41) is 12.5. The number of carboxylic acids is 1. The Balaban J connectivity index is 1.97. The van der Waals surface area contributed by atoms with Gasteiger partial charge in [0.15, 0.2) is 0 Å². The molecule has 1 aliphatic carbocycles. The van der Waals surface area contributed by atoms with E-state index in [1.54, 1.807) is 4.90 Å². The molecule has 0 bridgehead atoms. The molecule has 1 unspecified atom stereocenters. The number of urea groups is 1. The van der Waals surface area contributed by atoms with Crippen LogP contribution in [0, 0.1) is 11.3 Å². The van der Waals surface area contributed by atoms with Crippen LogP contribution in [-0.4, -0.2) is 40.6 Å². The SMILES string of the molecule is CCCC1(C(=O)O)CCN(C(=O)NC(C)(C)C2CC2)C1. The molecule has 0 aromatic carbocycles. The topological polar surface area (TPSA) is 69.6 Å². The van der Waals surface area contributed by atoms with Gasteiger partial charge in [-0.15, -0.1) is 0 Å². The molecule has 2 N–H and O–H groups in total. The summed E-state index contributed by atoms with van der Waals surface area (Å²) >= 11 is 0. The summed E-state index contributed by atoms with van der Waals surface area (Å²) in [7, 11) is 0. The first-order chi connectivity index (χ1) is 9.31. The van der Waals surface area contributed by atoms with Gasteiger partial charge in [0.2, 0.25) is 0 Å². The molecule has 2 aliphatic rings. The van der Waals surface area contributed by atoms with E-state index in [1.165, 1.54) is 12.8 Å². The van der Waals surface area contributed by atoms with Gasteiger partial charge in [-0.3, -0.25) is 4.79 Å². The lowest BCUT2D eigenvalue weighted by atomic mass is 9.83. The van der Waals surface area contributed by atoms with Gasteiger partial charge >= 0.3 is 12.0 Å². The second-order valence-electron chi connectivity index (χ2n) is 6.93. The summed E-state index contributed by atoms with van der Waals surface area (Å²) in [6, 6.07) is -0.110. The van der Waals surface area contributed by atoms with Gasteiger partial charge in [0.1, 0.15) is 0 Å². The number of hydrogen-bond donors (Lipinski definition) is 2. The lowest BCUT2D eigenvalue weighted by Crippen LogP contribution is -2.51. The number of carbonyl (C=O) groups is 2. The number of amides is 2. The van der Waals surface area contributed by atoms with E-state index in [1.807, 2.05) is 6.92 Å². The van der Waals surface area contributed by atoms with Gasteiger partial charge in [-0.2, -0.15) is 0 Å². The third-order valence-corrected chi connectivity index (χ3v) is 4.85. The Bertz CT molecular complexity index is 404. The number of nitrogens with one attached hydrogen (secondary N) is 1. The van der Waals surface area contributed by atoms with Crippen LogP contribution in [0.3, 0.4) is 0 Å². The van der Waals surface area contributed by atoms with Gasteiger partial charge in [0.05, 0.1) is 5.41 Å². The van der Waals surface area contributed by atoms with Crippen LogP contribution in [0.15, 0.2) is 0 Å². The first kappa shape index (κ1) is 15.1. The molecule has 5 nitrogen and oxygen atoms in total. The van der Waals surface area contributed by atoms with E-state index < -0.39 is 11.4 Å². The molecular formula is C15H26N2O3. The highest BCUT2D eigenvalue weighted by molar-refractivity contribution is 5.80. The lowest BCUT2D eigenvalue weighted by Gasteiger charge is -2.30. The monoisotopic (exact) mass is 282 g/mol. The van der Waals surface area contributed by atoms with E-state index in [0.29, 0.717) is 31.8 Å². The molecule has 2 rings (SSSR count). The Morgan fingerprint density at radius 2 is 2.05 bits per heavy atom. The van der Waals surface area contributed by atoms with Crippen molar-refractivity contribution in [1.29, 1.82) is 0 Å². The fourth-order valence-electron chi connectivity index (χ4n) is 3.27. The van der Waals surface area contributed by atoms with Crippen LogP contribution in [0.25, 0.3) is 0 Å². The first-order valence-corrected chi connectivity index (χ1v) is 7.61. The quantitative estimate of drug-likeness (QED) is 0.813. The van der Waals surface area contributed by atoms with Gasteiger partial charge in [-0.25, -0.2) is 4.79 Å². The van der Waals surface area contributed by atoms with Crippen molar-refractivity contribution in [3.8, 4) is 0 Å². The second-order valence-corrected chi connectivity index (χ2v) is 6.93. The first-order valence-electron chi connectivity index (χ1n) is 7.61. The van der Waals surface area contributed by atoms with Crippen molar-refractivity contribution >= 4 is 12.0 Å². The van der Waals surface area contributed by atoms with E-state index >= 15 is 0 Å². The molecule has 2 amide bonds. The van der Waals surface area contributed by atoms with Crippen LogP contribution in [-0.2, 0) is 4.79 Å². The average molecular weight is 282 g/mol. The fourth-order valence-corrected chi connectivity index (χ4v) is 3.27. The Kier molecular flexibility index (Phi) is 3.98. The number of nitrogens with zero attached hydrogens (tertiary/aromatic N) is 1. The molecule has 1 heterocycles. The van der Waals surface area contributed by atoms with Crippen molar-refractivity contribution in [3.05, 3.63) is 0 Å². The Morgan fingerprint density at radius 3 is 2.55 bits per heavy atom. The summed E-state index contributed by atoms with van der Waals surface area (Å²) < 4.78 is 0. The number of hydrogen-bond acceptors (Lipinski definition) is 2. The van der Waals surface area contributed by atoms with Crippen LogP contribution in [0.4, 0.5) is 4.79 Å². The van der Waals surface area contributed by atoms with Crippen LogP contribution in [0.1, 0.15) is 52.9 Å². The van der Waals surface area contributed by atoms with Crippen molar-refractivity contribution < 1.29 is 14.7 Å². The molecule has 1 saturated carbocycles. The standard InChI is InChI=1S/C15H26N2O3/c1-4-7-15(12(18)19)8-9-17(10-15)13(20)16-14(2,3)11-5-6-11/h11H,4-10H2,1-3H3,(H,16,20)(H,18,19). The largest absolute Gasteiger partial charge is 0.481 e. The minimum Gasteiger partial charge on any atom is -0.481 e. The Labute approximate surface area is 120 Å². The molecule has 0 aromatic rings. The summed E-state index contributed by atoms with van der Waals surface area (Å²) in [5.41, 5.74) is -0.924. The van der Waals surface area contributed by atoms with Crippen LogP contribution >= 0.6 is 0 Å². The van der Waals surface area contributed by atoms with Gasteiger partial charge in [0.25, 0.3) is 0 Å². The van der Waals surface area contributed by atoms with Crippen LogP contribution in [0.2, 0.25) is 0 Å². The molecule has 114 valence electrons. The summed E-state index contributed by atoms with van der Waals surface area (Å²) in [6.45, 7) is 6.97. The van der Waals surface area contributed by atoms with Crippen molar-refractivity contribution in [2.24, 2.45) is 11.3 Å². The molecule has 1 aliphatic heterocycles.